The number of Topliss-reactive ketones (excluding diaryl/α,β-unsaturated/α-hetero) is 1. The molecule has 1 aromatic rings. The first-order chi connectivity index (χ1) is 6.49. The van der Waals surface area contributed by atoms with E-state index in [-0.39, 0.29) is 10.6 Å². The number of rotatable bonds is 3. The number of carbonyl (C=O) groups excluding carboxylic acids is 1. The van der Waals surface area contributed by atoms with Crippen molar-refractivity contribution < 1.29 is 4.79 Å². The monoisotopic (exact) mass is 294 g/mol. The third-order valence-corrected chi connectivity index (χ3v) is 3.18. The molecule has 1 aromatic carbocycles. The van der Waals surface area contributed by atoms with Crippen molar-refractivity contribution >= 4 is 44.9 Å². The molecule has 0 fully saturated rings. The van der Waals surface area contributed by atoms with Gasteiger partial charge in [-0.1, -0.05) is 39.1 Å². The van der Waals surface area contributed by atoms with Crippen molar-refractivity contribution in [2.45, 2.75) is 18.2 Å². The molecule has 0 N–H and O–H groups in total. The van der Waals surface area contributed by atoms with Crippen LogP contribution in [0.15, 0.2) is 18.2 Å². The lowest BCUT2D eigenvalue weighted by molar-refractivity contribution is -0.116. The van der Waals surface area contributed by atoms with Gasteiger partial charge in [-0.05, 0) is 37.1 Å². The molecule has 0 radical (unpaired) electrons. The standard InChI is InChI=1S/C10H9BrCl2O/c1-6(14)10(11)4-7-2-8(12)5-9(13)3-7/h2-3,5,10H,4H2,1H3. The second-order valence-electron chi connectivity index (χ2n) is 3.06. The van der Waals surface area contributed by atoms with Crippen molar-refractivity contribution in [2.75, 3.05) is 0 Å². The number of hydrogen-bond donors (Lipinski definition) is 0. The van der Waals surface area contributed by atoms with Gasteiger partial charge in [0.1, 0.15) is 5.78 Å². The normalized spacial score (nSPS) is 12.6. The Hall–Kier alpha value is -0.0500. The van der Waals surface area contributed by atoms with Gasteiger partial charge in [-0.25, -0.2) is 0 Å². The van der Waals surface area contributed by atoms with Crippen molar-refractivity contribution in [1.82, 2.24) is 0 Å². The second-order valence-corrected chi connectivity index (χ2v) is 5.04. The number of hydrogen-bond acceptors (Lipinski definition) is 1. The van der Waals surface area contributed by atoms with Crippen molar-refractivity contribution in [1.29, 1.82) is 0 Å². The maximum atomic E-state index is 11.0. The van der Waals surface area contributed by atoms with Gasteiger partial charge in [-0.2, -0.15) is 0 Å². The Morgan fingerprint density at radius 2 is 1.86 bits per heavy atom. The van der Waals surface area contributed by atoms with Crippen LogP contribution in [0.2, 0.25) is 10.0 Å². The largest absolute Gasteiger partial charge is 0.299 e. The van der Waals surface area contributed by atoms with Crippen LogP contribution in [0.1, 0.15) is 12.5 Å². The molecule has 1 atom stereocenters. The second kappa shape index (κ2) is 5.15. The Labute approximate surface area is 102 Å². The molecular weight excluding hydrogens is 287 g/mol. The Morgan fingerprint density at radius 1 is 1.36 bits per heavy atom. The maximum Gasteiger partial charge on any atom is 0.143 e. The topological polar surface area (TPSA) is 17.1 Å². The number of carbonyl (C=O) groups is 1. The summed E-state index contributed by atoms with van der Waals surface area (Å²) in [5.74, 6) is 0.0982. The summed E-state index contributed by atoms with van der Waals surface area (Å²) in [5.41, 5.74) is 0.958. The van der Waals surface area contributed by atoms with E-state index in [0.717, 1.165) is 5.56 Å². The van der Waals surface area contributed by atoms with E-state index in [0.29, 0.717) is 16.5 Å². The minimum Gasteiger partial charge on any atom is -0.299 e. The van der Waals surface area contributed by atoms with Gasteiger partial charge in [-0.15, -0.1) is 0 Å². The average molecular weight is 296 g/mol. The molecule has 1 nitrogen and oxygen atoms in total. The highest BCUT2D eigenvalue weighted by Crippen LogP contribution is 2.21. The lowest BCUT2D eigenvalue weighted by Crippen LogP contribution is -2.12. The fourth-order valence-electron chi connectivity index (χ4n) is 1.08. The van der Waals surface area contributed by atoms with Crippen LogP contribution in [-0.2, 0) is 11.2 Å². The van der Waals surface area contributed by atoms with Crippen LogP contribution in [0.4, 0.5) is 0 Å². The predicted octanol–water partition coefficient (Wildman–Crippen LogP) is 3.89. The number of ketones is 1. The van der Waals surface area contributed by atoms with Gasteiger partial charge in [0.2, 0.25) is 0 Å². The summed E-state index contributed by atoms with van der Waals surface area (Å²) in [6.45, 7) is 1.55. The Balaban J connectivity index is 2.81. The first-order valence-corrected chi connectivity index (χ1v) is 5.75. The zero-order valence-electron chi connectivity index (χ0n) is 7.56. The van der Waals surface area contributed by atoms with E-state index < -0.39 is 0 Å². The van der Waals surface area contributed by atoms with Gasteiger partial charge in [0.25, 0.3) is 0 Å². The molecule has 1 rings (SSSR count). The van der Waals surface area contributed by atoms with Crippen LogP contribution >= 0.6 is 39.1 Å². The highest BCUT2D eigenvalue weighted by Gasteiger charge is 2.11. The van der Waals surface area contributed by atoms with Gasteiger partial charge in [-0.3, -0.25) is 4.79 Å². The molecule has 14 heavy (non-hydrogen) atoms. The molecule has 0 aromatic heterocycles. The molecule has 1 unspecified atom stereocenters. The average Bonchev–Trinajstić information content (AvgIpc) is 2.01. The zero-order valence-corrected chi connectivity index (χ0v) is 10.7. The maximum absolute atomic E-state index is 11.0. The highest BCUT2D eigenvalue weighted by molar-refractivity contribution is 9.10. The van der Waals surface area contributed by atoms with Crippen molar-refractivity contribution in [2.24, 2.45) is 0 Å². The summed E-state index contributed by atoms with van der Waals surface area (Å²) >= 11 is 14.9. The summed E-state index contributed by atoms with van der Waals surface area (Å²) in [7, 11) is 0. The van der Waals surface area contributed by atoms with Crippen molar-refractivity contribution in [3.63, 3.8) is 0 Å². The fraction of sp³-hybridized carbons (Fsp3) is 0.300. The lowest BCUT2D eigenvalue weighted by Gasteiger charge is -2.06. The Bertz CT molecular complexity index is 332. The third-order valence-electron chi connectivity index (χ3n) is 1.78. The van der Waals surface area contributed by atoms with Crippen LogP contribution < -0.4 is 0 Å². The van der Waals surface area contributed by atoms with Gasteiger partial charge in [0.05, 0.1) is 4.83 Å². The van der Waals surface area contributed by atoms with E-state index in [1.165, 1.54) is 0 Å². The quantitative estimate of drug-likeness (QED) is 0.773. The number of benzene rings is 1. The Kier molecular flexibility index (Phi) is 4.42. The van der Waals surface area contributed by atoms with Crippen LogP contribution in [0.5, 0.6) is 0 Å². The van der Waals surface area contributed by atoms with Crippen LogP contribution in [-0.4, -0.2) is 10.6 Å². The minimum absolute atomic E-state index is 0.0982. The SMILES string of the molecule is CC(=O)C(Br)Cc1cc(Cl)cc(Cl)c1. The molecule has 0 bridgehead atoms. The molecule has 0 aliphatic rings. The summed E-state index contributed by atoms with van der Waals surface area (Å²) in [6, 6.07) is 5.29. The van der Waals surface area contributed by atoms with E-state index in [9.17, 15) is 4.79 Å². The van der Waals surface area contributed by atoms with Gasteiger partial charge < -0.3 is 0 Å². The molecule has 0 aliphatic heterocycles. The zero-order chi connectivity index (χ0) is 10.7. The van der Waals surface area contributed by atoms with Gasteiger partial charge in [0, 0.05) is 10.0 Å². The minimum atomic E-state index is -0.169. The van der Waals surface area contributed by atoms with E-state index in [1.807, 2.05) is 12.1 Å². The molecule has 76 valence electrons. The van der Waals surface area contributed by atoms with E-state index in [1.54, 1.807) is 13.0 Å². The Morgan fingerprint density at radius 3 is 2.29 bits per heavy atom. The van der Waals surface area contributed by atoms with Crippen LogP contribution in [0.3, 0.4) is 0 Å². The smallest absolute Gasteiger partial charge is 0.143 e. The summed E-state index contributed by atoms with van der Waals surface area (Å²) < 4.78 is 0. The first kappa shape index (κ1) is 12.0. The van der Waals surface area contributed by atoms with E-state index in [4.69, 9.17) is 23.2 Å². The van der Waals surface area contributed by atoms with Crippen LogP contribution in [0.25, 0.3) is 0 Å². The molecule has 0 saturated heterocycles. The van der Waals surface area contributed by atoms with Crippen LogP contribution in [0, 0.1) is 0 Å². The first-order valence-electron chi connectivity index (χ1n) is 4.08. The highest BCUT2D eigenvalue weighted by atomic mass is 79.9. The fourth-order valence-corrected chi connectivity index (χ4v) is 2.02. The van der Waals surface area contributed by atoms with E-state index in [2.05, 4.69) is 15.9 Å². The molecule has 0 saturated carbocycles. The summed E-state index contributed by atoms with van der Waals surface area (Å²) in [4.78, 5) is 10.8. The van der Waals surface area contributed by atoms with Crippen molar-refractivity contribution in [3.8, 4) is 0 Å². The molecule has 0 amide bonds. The van der Waals surface area contributed by atoms with Crippen molar-refractivity contribution in [3.05, 3.63) is 33.8 Å². The number of alkyl halides is 1. The number of halogens is 3. The molecule has 0 heterocycles. The van der Waals surface area contributed by atoms with E-state index >= 15 is 0 Å². The summed E-state index contributed by atoms with van der Waals surface area (Å²) in [5, 5.41) is 1.19. The summed E-state index contributed by atoms with van der Waals surface area (Å²) in [6.07, 6.45) is 0.607. The lowest BCUT2D eigenvalue weighted by atomic mass is 10.1. The molecule has 0 aliphatic carbocycles. The van der Waals surface area contributed by atoms with Gasteiger partial charge >= 0.3 is 0 Å². The molecule has 4 heteroatoms. The third kappa shape index (κ3) is 3.60. The molecule has 0 spiro atoms. The molecular formula is C10H9BrCl2O. The van der Waals surface area contributed by atoms with Gasteiger partial charge in [0.15, 0.2) is 0 Å². The predicted molar refractivity (Wildman–Crippen MR) is 63.6 cm³/mol.